The van der Waals surface area contributed by atoms with Crippen molar-refractivity contribution in [1.29, 1.82) is 0 Å². The summed E-state index contributed by atoms with van der Waals surface area (Å²) in [6.45, 7) is 3.96. The normalized spacial score (nSPS) is 16.7. The van der Waals surface area contributed by atoms with Crippen LogP contribution in [-0.2, 0) is 4.74 Å². The molecule has 0 bridgehead atoms. The van der Waals surface area contributed by atoms with Crippen LogP contribution in [0.4, 0.5) is 0 Å². The molecule has 19 heavy (non-hydrogen) atoms. The van der Waals surface area contributed by atoms with Gasteiger partial charge in [0.25, 0.3) is 0 Å². The molecule has 104 valence electrons. The number of hydrogen-bond donors (Lipinski definition) is 1. The van der Waals surface area contributed by atoms with Crippen molar-refractivity contribution in [2.45, 2.75) is 32.2 Å². The van der Waals surface area contributed by atoms with E-state index in [2.05, 4.69) is 28.2 Å². The Morgan fingerprint density at radius 2 is 2.32 bits per heavy atom. The third kappa shape index (κ3) is 3.98. The van der Waals surface area contributed by atoms with Crippen LogP contribution in [0.15, 0.2) is 34.5 Å². The van der Waals surface area contributed by atoms with Crippen molar-refractivity contribution < 1.29 is 4.74 Å². The van der Waals surface area contributed by atoms with E-state index >= 15 is 0 Å². The van der Waals surface area contributed by atoms with E-state index < -0.39 is 0 Å². The second-order valence-corrected chi connectivity index (χ2v) is 6.01. The summed E-state index contributed by atoms with van der Waals surface area (Å²) in [4.78, 5) is 0. The molecule has 1 N–H and O–H groups in total. The van der Waals surface area contributed by atoms with Crippen molar-refractivity contribution in [3.05, 3.63) is 45.1 Å². The number of benzene rings is 1. The van der Waals surface area contributed by atoms with E-state index in [9.17, 15) is 0 Å². The van der Waals surface area contributed by atoms with E-state index in [1.54, 1.807) is 0 Å². The first-order valence-electron chi connectivity index (χ1n) is 6.71. The maximum Gasteiger partial charge on any atom is 0.0876 e. The van der Waals surface area contributed by atoms with Crippen LogP contribution in [0.1, 0.15) is 37.8 Å². The minimum Gasteiger partial charge on any atom is -0.501 e. The van der Waals surface area contributed by atoms with Crippen molar-refractivity contribution in [3.63, 3.8) is 0 Å². The Labute approximate surface area is 128 Å². The van der Waals surface area contributed by atoms with Crippen molar-refractivity contribution in [3.8, 4) is 0 Å². The Balaban J connectivity index is 2.30. The summed E-state index contributed by atoms with van der Waals surface area (Å²) in [5.74, 6) is 0. The van der Waals surface area contributed by atoms with Gasteiger partial charge in [0.2, 0.25) is 0 Å². The molecule has 1 aromatic rings. The number of hydrogen-bond acceptors (Lipinski definition) is 2. The molecule has 1 aliphatic heterocycles. The molecule has 1 unspecified atom stereocenters. The summed E-state index contributed by atoms with van der Waals surface area (Å²) in [6.07, 6.45) is 5.15. The van der Waals surface area contributed by atoms with Crippen LogP contribution < -0.4 is 5.32 Å². The summed E-state index contributed by atoms with van der Waals surface area (Å²) in [5.41, 5.74) is 2.47. The molecule has 0 aromatic heterocycles. The zero-order valence-corrected chi connectivity index (χ0v) is 13.4. The predicted octanol–water partition coefficient (Wildman–Crippen LogP) is 4.84. The van der Waals surface area contributed by atoms with Crippen molar-refractivity contribution in [2.75, 3.05) is 13.2 Å². The van der Waals surface area contributed by atoms with Gasteiger partial charge in [0.15, 0.2) is 0 Å². The number of nitrogens with one attached hydrogen (secondary N) is 1. The van der Waals surface area contributed by atoms with Gasteiger partial charge in [-0.3, -0.25) is 0 Å². The number of rotatable bonds is 5. The largest absolute Gasteiger partial charge is 0.501 e. The maximum absolute atomic E-state index is 6.13. The maximum atomic E-state index is 6.13. The lowest BCUT2D eigenvalue weighted by atomic mass is 9.95. The van der Waals surface area contributed by atoms with Crippen molar-refractivity contribution in [1.82, 2.24) is 5.32 Å². The van der Waals surface area contributed by atoms with Crippen molar-refractivity contribution >= 4 is 27.5 Å². The molecular weight excluding hydrogens is 326 g/mol. The second kappa shape index (κ2) is 7.32. The Morgan fingerprint density at radius 3 is 3.00 bits per heavy atom. The quantitative estimate of drug-likeness (QED) is 0.825. The molecule has 1 aromatic carbocycles. The van der Waals surface area contributed by atoms with Crippen LogP contribution in [-0.4, -0.2) is 13.2 Å². The molecule has 0 radical (unpaired) electrons. The highest BCUT2D eigenvalue weighted by molar-refractivity contribution is 9.10. The number of halogens is 2. The summed E-state index contributed by atoms with van der Waals surface area (Å²) < 4.78 is 6.56. The van der Waals surface area contributed by atoms with E-state index in [0.717, 1.165) is 41.9 Å². The van der Waals surface area contributed by atoms with Crippen LogP contribution in [0, 0.1) is 0 Å². The topological polar surface area (TPSA) is 21.3 Å². The van der Waals surface area contributed by atoms with E-state index in [1.165, 1.54) is 11.1 Å². The summed E-state index contributed by atoms with van der Waals surface area (Å²) >= 11 is 9.76. The molecule has 2 nitrogen and oxygen atoms in total. The second-order valence-electron chi connectivity index (χ2n) is 4.72. The molecule has 0 spiro atoms. The molecule has 0 fully saturated rings. The predicted molar refractivity (Wildman–Crippen MR) is 83.5 cm³/mol. The molecule has 0 saturated carbocycles. The third-order valence-corrected chi connectivity index (χ3v) is 4.16. The first-order chi connectivity index (χ1) is 9.22. The Bertz CT molecular complexity index is 461. The molecule has 1 aliphatic rings. The summed E-state index contributed by atoms with van der Waals surface area (Å²) in [5, 5.41) is 4.35. The van der Waals surface area contributed by atoms with E-state index in [0.29, 0.717) is 0 Å². The molecule has 1 heterocycles. The lowest BCUT2D eigenvalue weighted by Gasteiger charge is -2.25. The molecule has 0 saturated heterocycles. The fourth-order valence-electron chi connectivity index (χ4n) is 2.26. The van der Waals surface area contributed by atoms with Gasteiger partial charge in [0, 0.05) is 9.50 Å². The molecule has 0 amide bonds. The average molecular weight is 345 g/mol. The molecule has 2 rings (SSSR count). The first-order valence-corrected chi connectivity index (χ1v) is 7.88. The van der Waals surface area contributed by atoms with Crippen LogP contribution in [0.2, 0.25) is 5.02 Å². The zero-order valence-electron chi connectivity index (χ0n) is 11.1. The van der Waals surface area contributed by atoms with Gasteiger partial charge in [-0.05, 0) is 55.1 Å². The molecule has 1 atom stereocenters. The monoisotopic (exact) mass is 343 g/mol. The van der Waals surface area contributed by atoms with Gasteiger partial charge in [0.05, 0.1) is 18.9 Å². The van der Waals surface area contributed by atoms with Gasteiger partial charge in [-0.25, -0.2) is 0 Å². The highest BCUT2D eigenvalue weighted by Crippen LogP contribution is 2.33. The van der Waals surface area contributed by atoms with E-state index in [-0.39, 0.29) is 6.04 Å². The highest BCUT2D eigenvalue weighted by Gasteiger charge is 2.20. The SMILES string of the molecule is CCCNC(C1=COCCC1)c1cc(Cl)ccc1Br. The zero-order chi connectivity index (χ0) is 13.7. The molecule has 4 heteroatoms. The Hall–Kier alpha value is -0.510. The highest BCUT2D eigenvalue weighted by atomic mass is 79.9. The minimum absolute atomic E-state index is 0.174. The summed E-state index contributed by atoms with van der Waals surface area (Å²) in [6, 6.07) is 6.10. The van der Waals surface area contributed by atoms with Gasteiger partial charge >= 0.3 is 0 Å². The lowest BCUT2D eigenvalue weighted by molar-refractivity contribution is 0.219. The van der Waals surface area contributed by atoms with Gasteiger partial charge in [-0.1, -0.05) is 34.5 Å². The lowest BCUT2D eigenvalue weighted by Crippen LogP contribution is -2.25. The fourth-order valence-corrected chi connectivity index (χ4v) is 2.92. The van der Waals surface area contributed by atoms with Crippen LogP contribution in [0.5, 0.6) is 0 Å². The van der Waals surface area contributed by atoms with E-state index in [1.807, 2.05) is 24.5 Å². The molecular formula is C15H19BrClNO. The number of ether oxygens (including phenoxy) is 1. The van der Waals surface area contributed by atoms with Crippen molar-refractivity contribution in [2.24, 2.45) is 0 Å². The standard InChI is InChI=1S/C15H19BrClNO/c1-2-7-18-15(11-4-3-8-19-10-11)13-9-12(17)5-6-14(13)16/h5-6,9-10,15,18H,2-4,7-8H2,1H3. The fraction of sp³-hybridized carbons (Fsp3) is 0.467. The first kappa shape index (κ1) is 14.9. The van der Waals surface area contributed by atoms with Gasteiger partial charge in [-0.15, -0.1) is 0 Å². The summed E-state index contributed by atoms with van der Waals surface area (Å²) in [7, 11) is 0. The average Bonchev–Trinajstić information content (AvgIpc) is 2.44. The minimum atomic E-state index is 0.174. The van der Waals surface area contributed by atoms with E-state index in [4.69, 9.17) is 16.3 Å². The van der Waals surface area contributed by atoms with Crippen LogP contribution >= 0.6 is 27.5 Å². The van der Waals surface area contributed by atoms with Crippen LogP contribution in [0.3, 0.4) is 0 Å². The Morgan fingerprint density at radius 1 is 1.47 bits per heavy atom. The van der Waals surface area contributed by atoms with Gasteiger partial charge in [0.1, 0.15) is 0 Å². The molecule has 0 aliphatic carbocycles. The smallest absolute Gasteiger partial charge is 0.0876 e. The Kier molecular flexibility index (Phi) is 5.74. The van der Waals surface area contributed by atoms with Gasteiger partial charge < -0.3 is 10.1 Å². The van der Waals surface area contributed by atoms with Gasteiger partial charge in [-0.2, -0.15) is 0 Å². The third-order valence-electron chi connectivity index (χ3n) is 3.20. The van der Waals surface area contributed by atoms with Crippen LogP contribution in [0.25, 0.3) is 0 Å².